The third-order valence-corrected chi connectivity index (χ3v) is 1.98. The zero-order valence-electron chi connectivity index (χ0n) is 8.70. The van der Waals surface area contributed by atoms with E-state index in [1.54, 1.807) is 13.1 Å². The van der Waals surface area contributed by atoms with Crippen LogP contribution in [0.3, 0.4) is 0 Å². The summed E-state index contributed by atoms with van der Waals surface area (Å²) in [6.45, 7) is 5.71. The maximum Gasteiger partial charge on any atom is 0.0643 e. The SMILES string of the molecule is C=C/C=C\C(=NC)c1ccc(C)cc1. The fourth-order valence-electron chi connectivity index (χ4n) is 1.18. The van der Waals surface area contributed by atoms with Crippen molar-refractivity contribution in [2.45, 2.75) is 6.92 Å². The number of aryl methyl sites for hydroxylation is 1. The minimum atomic E-state index is 0.977. The molecule has 72 valence electrons. The van der Waals surface area contributed by atoms with Crippen molar-refractivity contribution in [1.29, 1.82) is 0 Å². The van der Waals surface area contributed by atoms with Crippen LogP contribution in [0.4, 0.5) is 0 Å². The molecule has 0 atom stereocenters. The summed E-state index contributed by atoms with van der Waals surface area (Å²) >= 11 is 0. The van der Waals surface area contributed by atoms with Crippen LogP contribution in [0.2, 0.25) is 0 Å². The summed E-state index contributed by atoms with van der Waals surface area (Å²) < 4.78 is 0. The molecule has 0 aliphatic carbocycles. The molecule has 0 aliphatic rings. The average molecular weight is 185 g/mol. The summed E-state index contributed by atoms with van der Waals surface area (Å²) in [6.07, 6.45) is 5.60. The van der Waals surface area contributed by atoms with E-state index < -0.39 is 0 Å². The van der Waals surface area contributed by atoms with Crippen LogP contribution in [0, 0.1) is 6.92 Å². The number of benzene rings is 1. The molecule has 0 saturated carbocycles. The Kier molecular flexibility index (Phi) is 3.86. The molecule has 1 nitrogen and oxygen atoms in total. The number of aliphatic imine (C=N–C) groups is 1. The van der Waals surface area contributed by atoms with E-state index in [2.05, 4.69) is 42.8 Å². The van der Waals surface area contributed by atoms with Crippen LogP contribution in [0.25, 0.3) is 0 Å². The molecule has 0 aromatic heterocycles. The summed E-state index contributed by atoms with van der Waals surface area (Å²) in [5.41, 5.74) is 3.37. The van der Waals surface area contributed by atoms with Crippen molar-refractivity contribution in [2.24, 2.45) is 4.99 Å². The van der Waals surface area contributed by atoms with E-state index >= 15 is 0 Å². The largest absolute Gasteiger partial charge is 0.288 e. The molecule has 0 N–H and O–H groups in total. The Morgan fingerprint density at radius 2 is 1.93 bits per heavy atom. The van der Waals surface area contributed by atoms with E-state index in [1.807, 2.05) is 12.2 Å². The smallest absolute Gasteiger partial charge is 0.0643 e. The van der Waals surface area contributed by atoms with Crippen molar-refractivity contribution in [2.75, 3.05) is 7.05 Å². The van der Waals surface area contributed by atoms with Crippen LogP contribution < -0.4 is 0 Å². The number of rotatable bonds is 3. The molecule has 0 bridgehead atoms. The topological polar surface area (TPSA) is 12.4 Å². The van der Waals surface area contributed by atoms with Gasteiger partial charge in [0.1, 0.15) is 0 Å². The number of hydrogen-bond acceptors (Lipinski definition) is 1. The molecule has 0 fully saturated rings. The van der Waals surface area contributed by atoms with Gasteiger partial charge in [0.25, 0.3) is 0 Å². The van der Waals surface area contributed by atoms with Gasteiger partial charge in [-0.15, -0.1) is 0 Å². The van der Waals surface area contributed by atoms with Gasteiger partial charge >= 0.3 is 0 Å². The molecule has 0 radical (unpaired) electrons. The number of allylic oxidation sites excluding steroid dienone is 3. The van der Waals surface area contributed by atoms with Crippen molar-refractivity contribution in [3.63, 3.8) is 0 Å². The van der Waals surface area contributed by atoms with E-state index in [0.29, 0.717) is 0 Å². The third kappa shape index (κ3) is 2.70. The van der Waals surface area contributed by atoms with Gasteiger partial charge in [-0.25, -0.2) is 0 Å². The van der Waals surface area contributed by atoms with Gasteiger partial charge in [0.15, 0.2) is 0 Å². The van der Waals surface area contributed by atoms with Crippen molar-refractivity contribution in [1.82, 2.24) is 0 Å². The monoisotopic (exact) mass is 185 g/mol. The Labute approximate surface area is 85.5 Å². The highest BCUT2D eigenvalue weighted by Crippen LogP contribution is 2.05. The molecule has 1 aromatic carbocycles. The molecule has 1 rings (SSSR count). The molecule has 0 heterocycles. The highest BCUT2D eigenvalue weighted by molar-refractivity contribution is 6.08. The van der Waals surface area contributed by atoms with Gasteiger partial charge in [-0.1, -0.05) is 48.6 Å². The average Bonchev–Trinajstić information content (AvgIpc) is 2.21. The summed E-state index contributed by atoms with van der Waals surface area (Å²) in [5, 5.41) is 0. The van der Waals surface area contributed by atoms with Crippen molar-refractivity contribution in [3.05, 3.63) is 60.2 Å². The van der Waals surface area contributed by atoms with E-state index in [-0.39, 0.29) is 0 Å². The Morgan fingerprint density at radius 1 is 1.29 bits per heavy atom. The van der Waals surface area contributed by atoms with Crippen molar-refractivity contribution >= 4 is 5.71 Å². The molecular formula is C13H15N. The Bertz CT molecular complexity index is 355. The lowest BCUT2D eigenvalue weighted by Crippen LogP contribution is -1.95. The first-order chi connectivity index (χ1) is 6.77. The Morgan fingerprint density at radius 3 is 2.43 bits per heavy atom. The quantitative estimate of drug-likeness (QED) is 0.506. The normalized spacial score (nSPS) is 12.0. The van der Waals surface area contributed by atoms with Gasteiger partial charge < -0.3 is 0 Å². The number of hydrogen-bond donors (Lipinski definition) is 0. The van der Waals surface area contributed by atoms with Gasteiger partial charge in [0, 0.05) is 7.05 Å². The van der Waals surface area contributed by atoms with Gasteiger partial charge in [-0.05, 0) is 18.6 Å². The van der Waals surface area contributed by atoms with Crippen molar-refractivity contribution < 1.29 is 0 Å². The Balaban J connectivity index is 2.96. The van der Waals surface area contributed by atoms with Crippen LogP contribution in [0.15, 0.2) is 54.1 Å². The van der Waals surface area contributed by atoms with E-state index in [9.17, 15) is 0 Å². The first-order valence-electron chi connectivity index (χ1n) is 4.61. The van der Waals surface area contributed by atoms with E-state index in [0.717, 1.165) is 11.3 Å². The summed E-state index contributed by atoms with van der Waals surface area (Å²) in [7, 11) is 1.79. The second kappa shape index (κ2) is 5.18. The molecule has 0 spiro atoms. The highest BCUT2D eigenvalue weighted by Gasteiger charge is 1.96. The third-order valence-electron chi connectivity index (χ3n) is 1.98. The van der Waals surface area contributed by atoms with Crippen molar-refractivity contribution in [3.8, 4) is 0 Å². The van der Waals surface area contributed by atoms with Gasteiger partial charge in [0.05, 0.1) is 5.71 Å². The molecule has 0 amide bonds. The van der Waals surface area contributed by atoms with Crippen LogP contribution in [-0.4, -0.2) is 12.8 Å². The maximum atomic E-state index is 4.21. The van der Waals surface area contributed by atoms with Gasteiger partial charge in [-0.2, -0.15) is 0 Å². The summed E-state index contributed by atoms with van der Waals surface area (Å²) in [4.78, 5) is 4.21. The summed E-state index contributed by atoms with van der Waals surface area (Å²) in [5.74, 6) is 0. The second-order valence-corrected chi connectivity index (χ2v) is 3.07. The fraction of sp³-hybridized carbons (Fsp3) is 0.154. The van der Waals surface area contributed by atoms with Crippen LogP contribution >= 0.6 is 0 Å². The maximum absolute atomic E-state index is 4.21. The predicted octanol–water partition coefficient (Wildman–Crippen LogP) is 3.16. The second-order valence-electron chi connectivity index (χ2n) is 3.07. The highest BCUT2D eigenvalue weighted by atomic mass is 14.7. The van der Waals surface area contributed by atoms with Crippen LogP contribution in [-0.2, 0) is 0 Å². The van der Waals surface area contributed by atoms with E-state index in [4.69, 9.17) is 0 Å². The lowest BCUT2D eigenvalue weighted by molar-refractivity contribution is 1.41. The molecule has 0 unspecified atom stereocenters. The molecule has 1 aromatic rings. The molecular weight excluding hydrogens is 170 g/mol. The lowest BCUT2D eigenvalue weighted by Gasteiger charge is -2.00. The minimum absolute atomic E-state index is 0.977. The van der Waals surface area contributed by atoms with Crippen LogP contribution in [0.1, 0.15) is 11.1 Å². The predicted molar refractivity (Wildman–Crippen MR) is 63.0 cm³/mol. The first kappa shape index (κ1) is 10.5. The molecule has 14 heavy (non-hydrogen) atoms. The fourth-order valence-corrected chi connectivity index (χ4v) is 1.18. The standard InChI is InChI=1S/C13H15N/c1-4-5-6-13(14-3)12-9-7-11(2)8-10-12/h4-10H,1H2,2-3H3/b6-5-,14-13?. The molecule has 1 heteroatoms. The lowest BCUT2D eigenvalue weighted by atomic mass is 10.1. The number of nitrogens with zero attached hydrogens (tertiary/aromatic N) is 1. The first-order valence-corrected chi connectivity index (χ1v) is 4.61. The molecule has 0 aliphatic heterocycles. The van der Waals surface area contributed by atoms with E-state index in [1.165, 1.54) is 5.56 Å². The van der Waals surface area contributed by atoms with Gasteiger partial charge in [-0.3, -0.25) is 4.99 Å². The minimum Gasteiger partial charge on any atom is -0.288 e. The summed E-state index contributed by atoms with van der Waals surface area (Å²) in [6, 6.07) is 8.32. The zero-order valence-corrected chi connectivity index (χ0v) is 8.70. The zero-order chi connectivity index (χ0) is 10.4. The molecule has 0 saturated heterocycles. The van der Waals surface area contributed by atoms with Gasteiger partial charge in [0.2, 0.25) is 0 Å². The van der Waals surface area contributed by atoms with Crippen LogP contribution in [0.5, 0.6) is 0 Å². The Hall–Kier alpha value is -1.63.